The molecule has 0 saturated heterocycles. The highest BCUT2D eigenvalue weighted by atomic mass is 19.2. The van der Waals surface area contributed by atoms with E-state index in [2.05, 4.69) is 10.3 Å². The van der Waals surface area contributed by atoms with E-state index < -0.39 is 23.4 Å². The fraction of sp³-hybridized carbons (Fsp3) is 0.250. The van der Waals surface area contributed by atoms with Crippen LogP contribution < -0.4 is 5.32 Å². The Labute approximate surface area is 148 Å². The second-order valence-corrected chi connectivity index (χ2v) is 6.61. The summed E-state index contributed by atoms with van der Waals surface area (Å²) in [6, 6.07) is 8.96. The van der Waals surface area contributed by atoms with Crippen LogP contribution in [0, 0.1) is 17.5 Å². The van der Waals surface area contributed by atoms with Gasteiger partial charge in [-0.1, -0.05) is 18.2 Å². The van der Waals surface area contributed by atoms with Crippen molar-refractivity contribution in [1.29, 1.82) is 0 Å². The molecule has 6 heteroatoms. The number of aryl methyl sites for hydroxylation is 1. The zero-order chi connectivity index (χ0) is 18.3. The van der Waals surface area contributed by atoms with E-state index in [0.717, 1.165) is 41.9 Å². The van der Waals surface area contributed by atoms with Gasteiger partial charge in [-0.15, -0.1) is 0 Å². The van der Waals surface area contributed by atoms with Crippen molar-refractivity contribution < 1.29 is 18.0 Å². The van der Waals surface area contributed by atoms with Gasteiger partial charge in [0, 0.05) is 28.2 Å². The van der Waals surface area contributed by atoms with Crippen LogP contribution in [0.15, 0.2) is 36.4 Å². The molecule has 0 spiro atoms. The Morgan fingerprint density at radius 1 is 1.12 bits per heavy atom. The van der Waals surface area contributed by atoms with Crippen molar-refractivity contribution in [3.8, 4) is 0 Å². The molecule has 0 fully saturated rings. The topological polar surface area (TPSA) is 44.9 Å². The lowest BCUT2D eigenvalue weighted by Crippen LogP contribution is -2.32. The summed E-state index contributed by atoms with van der Waals surface area (Å²) in [4.78, 5) is 15.7. The molecule has 3 aromatic rings. The van der Waals surface area contributed by atoms with Gasteiger partial charge in [0.1, 0.15) is 5.82 Å². The average molecular weight is 358 g/mol. The third-order valence-electron chi connectivity index (χ3n) is 4.89. The molecule has 4 rings (SSSR count). The molecule has 1 aliphatic rings. The number of benzene rings is 2. The van der Waals surface area contributed by atoms with Gasteiger partial charge in [-0.3, -0.25) is 4.79 Å². The Hall–Kier alpha value is -2.76. The standard InChI is InChI=1S/C20H17F3N2O/c21-14-10-16(23)15(22)8-11(14)9-19(26)24-18-7-3-5-13-12-4-1-2-6-17(12)25-20(13)18/h1-2,4,6,8,10,18,25H,3,5,7,9H2,(H,24,26)/t18-/m0/s1. The quantitative estimate of drug-likeness (QED) is 0.673. The second kappa shape index (κ2) is 6.52. The molecule has 1 heterocycles. The number of aromatic nitrogens is 1. The van der Waals surface area contributed by atoms with Crippen LogP contribution in [0.5, 0.6) is 0 Å². The third kappa shape index (κ3) is 2.96. The number of H-pyrrole nitrogens is 1. The van der Waals surface area contributed by atoms with Crippen LogP contribution in [0.4, 0.5) is 13.2 Å². The Kier molecular flexibility index (Phi) is 4.18. The maximum absolute atomic E-state index is 13.8. The molecule has 26 heavy (non-hydrogen) atoms. The van der Waals surface area contributed by atoms with E-state index in [1.807, 2.05) is 24.3 Å². The molecule has 0 saturated carbocycles. The molecule has 1 aromatic heterocycles. The Bertz CT molecular complexity index is 996. The van der Waals surface area contributed by atoms with Crippen LogP contribution in [-0.4, -0.2) is 10.9 Å². The van der Waals surface area contributed by atoms with Gasteiger partial charge in [0.2, 0.25) is 5.91 Å². The van der Waals surface area contributed by atoms with Gasteiger partial charge in [-0.05, 0) is 37.0 Å². The van der Waals surface area contributed by atoms with Crippen LogP contribution in [0.1, 0.15) is 35.7 Å². The highest BCUT2D eigenvalue weighted by Gasteiger charge is 2.25. The number of hydrogen-bond acceptors (Lipinski definition) is 1. The van der Waals surface area contributed by atoms with Gasteiger partial charge in [0.15, 0.2) is 11.6 Å². The van der Waals surface area contributed by atoms with E-state index in [1.54, 1.807) is 0 Å². The number of rotatable bonds is 3. The monoisotopic (exact) mass is 358 g/mol. The van der Waals surface area contributed by atoms with Crippen molar-refractivity contribution in [3.63, 3.8) is 0 Å². The molecule has 3 nitrogen and oxygen atoms in total. The van der Waals surface area contributed by atoms with Crippen LogP contribution in [0.3, 0.4) is 0 Å². The molecule has 1 aliphatic carbocycles. The van der Waals surface area contributed by atoms with E-state index in [9.17, 15) is 18.0 Å². The first kappa shape index (κ1) is 16.7. The first-order chi connectivity index (χ1) is 12.5. The first-order valence-corrected chi connectivity index (χ1v) is 8.55. The van der Waals surface area contributed by atoms with Crippen molar-refractivity contribution in [2.75, 3.05) is 0 Å². The van der Waals surface area contributed by atoms with Crippen molar-refractivity contribution in [2.45, 2.75) is 31.7 Å². The molecule has 1 atom stereocenters. The maximum atomic E-state index is 13.8. The lowest BCUT2D eigenvalue weighted by atomic mass is 9.91. The lowest BCUT2D eigenvalue weighted by Gasteiger charge is -2.24. The molecule has 0 radical (unpaired) electrons. The van der Waals surface area contributed by atoms with E-state index in [0.29, 0.717) is 6.07 Å². The molecular weight excluding hydrogens is 341 g/mol. The summed E-state index contributed by atoms with van der Waals surface area (Å²) >= 11 is 0. The summed E-state index contributed by atoms with van der Waals surface area (Å²) in [5.74, 6) is -3.77. The summed E-state index contributed by atoms with van der Waals surface area (Å²) in [5.41, 5.74) is 3.02. The van der Waals surface area contributed by atoms with Crippen molar-refractivity contribution in [1.82, 2.24) is 10.3 Å². The van der Waals surface area contributed by atoms with Crippen LogP contribution >= 0.6 is 0 Å². The number of amides is 1. The van der Waals surface area contributed by atoms with Gasteiger partial charge in [-0.2, -0.15) is 0 Å². The number of para-hydroxylation sites is 1. The van der Waals surface area contributed by atoms with Crippen LogP contribution in [-0.2, 0) is 17.6 Å². The largest absolute Gasteiger partial charge is 0.356 e. The van der Waals surface area contributed by atoms with Crippen molar-refractivity contribution >= 4 is 16.8 Å². The van der Waals surface area contributed by atoms with E-state index in [4.69, 9.17) is 0 Å². The normalized spacial score (nSPS) is 16.5. The number of carbonyl (C=O) groups excluding carboxylic acids is 1. The Balaban J connectivity index is 1.55. The number of halogens is 3. The average Bonchev–Trinajstić information content (AvgIpc) is 2.99. The predicted molar refractivity (Wildman–Crippen MR) is 92.1 cm³/mol. The lowest BCUT2D eigenvalue weighted by molar-refractivity contribution is -0.121. The predicted octanol–water partition coefficient (Wildman–Crippen LogP) is 4.32. The SMILES string of the molecule is O=C(Cc1cc(F)c(F)cc1F)N[C@H]1CCCc2c1[nH]c1ccccc21. The van der Waals surface area contributed by atoms with E-state index >= 15 is 0 Å². The zero-order valence-corrected chi connectivity index (χ0v) is 13.9. The second-order valence-electron chi connectivity index (χ2n) is 6.61. The molecule has 134 valence electrons. The van der Waals surface area contributed by atoms with Crippen LogP contribution in [0.25, 0.3) is 10.9 Å². The number of fused-ring (bicyclic) bond motifs is 3. The molecule has 2 N–H and O–H groups in total. The zero-order valence-electron chi connectivity index (χ0n) is 13.9. The fourth-order valence-electron chi connectivity index (χ4n) is 3.68. The summed E-state index contributed by atoms with van der Waals surface area (Å²) in [5, 5.41) is 4.04. The summed E-state index contributed by atoms with van der Waals surface area (Å²) in [6.07, 6.45) is 2.30. The molecule has 1 amide bonds. The summed E-state index contributed by atoms with van der Waals surface area (Å²) in [6.45, 7) is 0. The summed E-state index contributed by atoms with van der Waals surface area (Å²) in [7, 11) is 0. The van der Waals surface area contributed by atoms with E-state index in [-0.39, 0.29) is 18.0 Å². The Morgan fingerprint density at radius 3 is 2.73 bits per heavy atom. The van der Waals surface area contributed by atoms with Crippen LogP contribution in [0.2, 0.25) is 0 Å². The van der Waals surface area contributed by atoms with Gasteiger partial charge >= 0.3 is 0 Å². The molecule has 0 unspecified atom stereocenters. The molecule has 0 bridgehead atoms. The van der Waals surface area contributed by atoms with E-state index in [1.165, 1.54) is 5.56 Å². The minimum absolute atomic E-state index is 0.158. The van der Waals surface area contributed by atoms with Gasteiger partial charge in [0.05, 0.1) is 12.5 Å². The Morgan fingerprint density at radius 2 is 1.88 bits per heavy atom. The molecular formula is C20H17F3N2O. The number of nitrogens with one attached hydrogen (secondary N) is 2. The maximum Gasteiger partial charge on any atom is 0.225 e. The first-order valence-electron chi connectivity index (χ1n) is 8.55. The number of carbonyl (C=O) groups is 1. The van der Waals surface area contributed by atoms with Gasteiger partial charge in [-0.25, -0.2) is 13.2 Å². The minimum Gasteiger partial charge on any atom is -0.356 e. The summed E-state index contributed by atoms with van der Waals surface area (Å²) < 4.78 is 40.1. The fourth-order valence-corrected chi connectivity index (χ4v) is 3.68. The third-order valence-corrected chi connectivity index (χ3v) is 4.89. The molecule has 2 aromatic carbocycles. The highest BCUT2D eigenvalue weighted by molar-refractivity contribution is 5.86. The van der Waals surface area contributed by atoms with Crippen molar-refractivity contribution in [2.24, 2.45) is 0 Å². The van der Waals surface area contributed by atoms with Gasteiger partial charge in [0.25, 0.3) is 0 Å². The minimum atomic E-state index is -1.26. The van der Waals surface area contributed by atoms with Gasteiger partial charge < -0.3 is 10.3 Å². The van der Waals surface area contributed by atoms with Crippen molar-refractivity contribution in [3.05, 3.63) is 70.7 Å². The molecule has 0 aliphatic heterocycles. The smallest absolute Gasteiger partial charge is 0.225 e. The number of hydrogen-bond donors (Lipinski definition) is 2. The highest BCUT2D eigenvalue weighted by Crippen LogP contribution is 2.34. The number of aromatic amines is 1.